The molecule has 1 aliphatic heterocycles. The fourth-order valence-corrected chi connectivity index (χ4v) is 6.38. The highest BCUT2D eigenvalue weighted by Gasteiger charge is 2.51. The number of carbonyl (C=O) groups excluding carboxylic acids is 1. The Bertz CT molecular complexity index is 1640. The van der Waals surface area contributed by atoms with E-state index in [1.54, 1.807) is 18.9 Å². The van der Waals surface area contributed by atoms with Crippen molar-refractivity contribution in [3.8, 4) is 0 Å². The molecule has 0 saturated heterocycles. The summed E-state index contributed by atoms with van der Waals surface area (Å²) in [5.41, 5.74) is 3.78. The Kier molecular flexibility index (Phi) is 5.25. The predicted molar refractivity (Wildman–Crippen MR) is 140 cm³/mol. The lowest BCUT2D eigenvalue weighted by atomic mass is 9.69. The third-order valence-corrected chi connectivity index (χ3v) is 8.38. The summed E-state index contributed by atoms with van der Waals surface area (Å²) in [5.74, 6) is -1.17. The van der Waals surface area contributed by atoms with Crippen LogP contribution in [0.3, 0.4) is 0 Å². The fraction of sp³-hybridized carbons (Fsp3) is 0.290. The van der Waals surface area contributed by atoms with Gasteiger partial charge in [-0.2, -0.15) is 0 Å². The van der Waals surface area contributed by atoms with Gasteiger partial charge in [0.2, 0.25) is 5.91 Å². The van der Waals surface area contributed by atoms with Crippen LogP contribution in [-0.2, 0) is 29.0 Å². The zero-order valence-electron chi connectivity index (χ0n) is 20.7. The number of hydrogen-bond acceptors (Lipinski definition) is 3. The first-order valence-corrected chi connectivity index (χ1v) is 12.7. The Morgan fingerprint density at radius 2 is 1.72 bits per heavy atom. The van der Waals surface area contributed by atoms with Crippen LogP contribution >= 0.6 is 0 Å². The summed E-state index contributed by atoms with van der Waals surface area (Å²) >= 11 is 0. The largest absolute Gasteiger partial charge is 0.481 e. The summed E-state index contributed by atoms with van der Waals surface area (Å²) in [6.07, 6.45) is 5.55. The number of hydrogen-bond donors (Lipinski definition) is 2. The van der Waals surface area contributed by atoms with Crippen molar-refractivity contribution in [1.29, 1.82) is 0 Å². The van der Waals surface area contributed by atoms with Crippen LogP contribution in [0.15, 0.2) is 60.7 Å². The molecule has 182 valence electrons. The van der Waals surface area contributed by atoms with Crippen LogP contribution in [0.1, 0.15) is 36.5 Å². The molecular weight excluding hydrogens is 448 g/mol. The number of aliphatic carboxylic acids is 1. The fourth-order valence-electron chi connectivity index (χ4n) is 6.38. The average molecular weight is 479 g/mol. The van der Waals surface area contributed by atoms with Gasteiger partial charge in [-0.1, -0.05) is 60.7 Å². The van der Waals surface area contributed by atoms with Crippen molar-refractivity contribution >= 4 is 29.2 Å². The Labute approximate surface area is 210 Å². The number of benzene rings is 3. The quantitative estimate of drug-likeness (QED) is 0.606. The van der Waals surface area contributed by atoms with Crippen LogP contribution in [0.5, 0.6) is 0 Å². The number of likely N-dealkylation sites (N-methyl/N-ethyl adjacent to an activating group) is 1. The van der Waals surface area contributed by atoms with Crippen molar-refractivity contribution in [3.05, 3.63) is 98.2 Å². The van der Waals surface area contributed by atoms with E-state index in [0.717, 1.165) is 41.3 Å². The molecule has 0 bridgehead atoms. The van der Waals surface area contributed by atoms with Gasteiger partial charge in [-0.25, -0.2) is 0 Å². The molecule has 5 nitrogen and oxygen atoms in total. The van der Waals surface area contributed by atoms with Crippen molar-refractivity contribution in [3.63, 3.8) is 0 Å². The van der Waals surface area contributed by atoms with Gasteiger partial charge in [0.05, 0.1) is 0 Å². The average Bonchev–Trinajstić information content (AvgIpc) is 3.03. The van der Waals surface area contributed by atoms with Gasteiger partial charge in [0.1, 0.15) is 11.5 Å². The van der Waals surface area contributed by atoms with Crippen molar-refractivity contribution in [1.82, 2.24) is 4.90 Å². The third-order valence-electron chi connectivity index (χ3n) is 8.38. The number of amides is 1. The number of carboxylic acid groups (broad SMARTS) is 1. The monoisotopic (exact) mass is 478 g/mol. The lowest BCUT2D eigenvalue weighted by molar-refractivity contribution is -0.149. The number of para-hydroxylation sites is 1. The first-order chi connectivity index (χ1) is 17.4. The smallest absolute Gasteiger partial charge is 0.316 e. The second-order valence-electron chi connectivity index (χ2n) is 10.4. The topological polar surface area (TPSA) is 69.6 Å². The molecule has 3 aliphatic rings. The van der Waals surface area contributed by atoms with E-state index in [1.807, 2.05) is 24.3 Å². The molecule has 0 radical (unpaired) electrons. The van der Waals surface area contributed by atoms with Gasteiger partial charge in [-0.3, -0.25) is 9.59 Å². The maximum atomic E-state index is 13.7. The predicted octanol–water partition coefficient (Wildman–Crippen LogP) is 3.34. The van der Waals surface area contributed by atoms with Crippen LogP contribution in [0, 0.1) is 15.9 Å². The van der Waals surface area contributed by atoms with E-state index < -0.39 is 17.4 Å². The summed E-state index contributed by atoms with van der Waals surface area (Å²) in [6.45, 7) is 2.18. The molecule has 5 heteroatoms. The summed E-state index contributed by atoms with van der Waals surface area (Å²) in [6, 6.07) is 19.6. The van der Waals surface area contributed by atoms with Gasteiger partial charge in [0.15, 0.2) is 0 Å². The summed E-state index contributed by atoms with van der Waals surface area (Å²) in [7, 11) is 1.75. The minimum absolute atomic E-state index is 0.198. The van der Waals surface area contributed by atoms with Gasteiger partial charge in [-0.15, -0.1) is 0 Å². The molecule has 3 aromatic rings. The van der Waals surface area contributed by atoms with Crippen molar-refractivity contribution < 1.29 is 14.7 Å². The molecule has 6 rings (SSSR count). The number of nitrogens with one attached hydrogen (secondary N) is 1. The van der Waals surface area contributed by atoms with Gasteiger partial charge < -0.3 is 15.3 Å². The summed E-state index contributed by atoms with van der Waals surface area (Å²) < 4.78 is 0. The highest BCUT2D eigenvalue weighted by molar-refractivity contribution is 5.99. The molecule has 3 aromatic carbocycles. The van der Waals surface area contributed by atoms with E-state index in [4.69, 9.17) is 0 Å². The molecule has 0 spiro atoms. The molecule has 1 heterocycles. The van der Waals surface area contributed by atoms with Gasteiger partial charge >= 0.3 is 5.97 Å². The summed E-state index contributed by atoms with van der Waals surface area (Å²) in [4.78, 5) is 28.4. The molecule has 2 atom stereocenters. The number of carbonyl (C=O) groups is 2. The molecular formula is C31H30N2O3. The van der Waals surface area contributed by atoms with Crippen LogP contribution in [-0.4, -0.2) is 35.0 Å². The molecule has 0 saturated carbocycles. The second-order valence-corrected chi connectivity index (χ2v) is 10.4. The van der Waals surface area contributed by atoms with Crippen LogP contribution in [0.25, 0.3) is 11.6 Å². The van der Waals surface area contributed by atoms with E-state index in [9.17, 15) is 14.7 Å². The van der Waals surface area contributed by atoms with Crippen molar-refractivity contribution in [2.75, 3.05) is 12.4 Å². The Hall–Kier alpha value is -3.86. The zero-order chi connectivity index (χ0) is 25.0. The number of nitrogens with zero attached hydrogens (tertiary/aromatic N) is 1. The van der Waals surface area contributed by atoms with Crippen LogP contribution in [0.2, 0.25) is 0 Å². The number of fused-ring (bicyclic) bond motifs is 5. The first kappa shape index (κ1) is 22.6. The Morgan fingerprint density at radius 3 is 2.56 bits per heavy atom. The van der Waals surface area contributed by atoms with E-state index in [0.29, 0.717) is 13.0 Å². The molecule has 2 unspecified atom stereocenters. The van der Waals surface area contributed by atoms with Gasteiger partial charge in [-0.05, 0) is 81.8 Å². The SMILES string of the molecule is CN1Cc2ccccc2NC(C(C)(C(=O)O)C2=c3ccc4c(c3CCC2)CC=c2ccccc2=4)C1=O. The highest BCUT2D eigenvalue weighted by Crippen LogP contribution is 2.41. The highest BCUT2D eigenvalue weighted by atomic mass is 16.4. The maximum Gasteiger partial charge on any atom is 0.316 e. The Balaban J connectivity index is 1.61. The lowest BCUT2D eigenvalue weighted by Gasteiger charge is -2.38. The summed E-state index contributed by atoms with van der Waals surface area (Å²) in [5, 5.41) is 18.8. The molecule has 0 fully saturated rings. The number of carboxylic acids is 1. The molecule has 2 N–H and O–H groups in total. The third kappa shape index (κ3) is 3.29. The van der Waals surface area contributed by atoms with E-state index in [1.165, 1.54) is 26.8 Å². The first-order valence-electron chi connectivity index (χ1n) is 12.7. The molecule has 0 aromatic heterocycles. The minimum Gasteiger partial charge on any atom is -0.481 e. The normalized spacial score (nSPS) is 19.9. The zero-order valence-corrected chi connectivity index (χ0v) is 20.7. The molecule has 36 heavy (non-hydrogen) atoms. The Morgan fingerprint density at radius 1 is 0.972 bits per heavy atom. The maximum absolute atomic E-state index is 13.7. The van der Waals surface area contributed by atoms with Gasteiger partial charge in [0.25, 0.3) is 0 Å². The van der Waals surface area contributed by atoms with Crippen LogP contribution in [0.4, 0.5) is 5.69 Å². The van der Waals surface area contributed by atoms with Gasteiger partial charge in [0, 0.05) is 19.3 Å². The minimum atomic E-state index is -1.40. The van der Waals surface area contributed by atoms with Crippen molar-refractivity contribution in [2.45, 2.75) is 45.2 Å². The van der Waals surface area contributed by atoms with E-state index in [2.05, 4.69) is 47.8 Å². The number of anilines is 1. The van der Waals surface area contributed by atoms with E-state index >= 15 is 0 Å². The van der Waals surface area contributed by atoms with Crippen molar-refractivity contribution in [2.24, 2.45) is 5.41 Å². The number of rotatable bonds is 3. The molecule has 2 aliphatic carbocycles. The second kappa shape index (κ2) is 8.37. The van der Waals surface area contributed by atoms with Crippen LogP contribution < -0.4 is 15.8 Å². The lowest BCUT2D eigenvalue weighted by Crippen LogP contribution is -2.54. The van der Waals surface area contributed by atoms with E-state index in [-0.39, 0.29) is 5.91 Å². The standard InChI is InChI=1S/C31H30N2O3/c1-31(30(35)36,28-29(34)33(2)18-20-9-4-6-13-27(20)32-28)26-12-7-11-22-24-15-14-19-8-3-5-10-21(19)23(24)16-17-25(22)26/h3-6,8-10,13-14,16-17,28,32H,7,11-12,15,18H2,1-2H3,(H,35,36). The molecule has 1 amide bonds.